The van der Waals surface area contributed by atoms with E-state index in [4.69, 9.17) is 0 Å². The van der Waals surface area contributed by atoms with Crippen molar-refractivity contribution in [2.24, 2.45) is 0 Å². The Kier molecular flexibility index (Phi) is 2.00. The molecular weight excluding hydrogens is 160 g/mol. The van der Waals surface area contributed by atoms with Crippen LogP contribution >= 0.6 is 0 Å². The fourth-order valence-electron chi connectivity index (χ4n) is 1.69. The monoisotopic (exact) mass is 176 g/mol. The first-order chi connectivity index (χ1) is 6.18. The number of anilines is 1. The Balaban J connectivity index is 2.42. The molecule has 0 unspecified atom stereocenters. The number of nitrogens with one attached hydrogen (secondary N) is 1. The molecule has 1 heterocycles. The SMILES string of the molecule is CC(C)c1ccc2c(c1)N(C)NC2. The summed E-state index contributed by atoms with van der Waals surface area (Å²) in [6, 6.07) is 6.73. The van der Waals surface area contributed by atoms with Gasteiger partial charge in [-0.05, 0) is 23.1 Å². The van der Waals surface area contributed by atoms with Crippen LogP contribution in [-0.2, 0) is 6.54 Å². The number of hydrogen-bond acceptors (Lipinski definition) is 2. The Morgan fingerprint density at radius 3 is 2.85 bits per heavy atom. The maximum absolute atomic E-state index is 3.28. The van der Waals surface area contributed by atoms with Crippen LogP contribution in [0, 0.1) is 0 Å². The maximum Gasteiger partial charge on any atom is 0.0564 e. The normalized spacial score (nSPS) is 15.2. The predicted molar refractivity (Wildman–Crippen MR) is 55.8 cm³/mol. The van der Waals surface area contributed by atoms with Crippen molar-refractivity contribution in [3.63, 3.8) is 0 Å². The standard InChI is InChI=1S/C11H16N2/c1-8(2)9-4-5-10-7-12-13(3)11(10)6-9/h4-6,8,12H,7H2,1-3H3. The number of hydrazine groups is 1. The number of rotatable bonds is 1. The fourth-order valence-corrected chi connectivity index (χ4v) is 1.69. The van der Waals surface area contributed by atoms with Crippen molar-refractivity contribution in [2.45, 2.75) is 26.3 Å². The van der Waals surface area contributed by atoms with Gasteiger partial charge in [0.2, 0.25) is 0 Å². The Morgan fingerprint density at radius 2 is 2.15 bits per heavy atom. The molecule has 2 rings (SSSR count). The summed E-state index contributed by atoms with van der Waals surface area (Å²) in [4.78, 5) is 0. The third-order valence-electron chi connectivity index (χ3n) is 2.64. The van der Waals surface area contributed by atoms with Crippen LogP contribution in [0.3, 0.4) is 0 Å². The molecule has 13 heavy (non-hydrogen) atoms. The van der Waals surface area contributed by atoms with Crippen molar-refractivity contribution in [3.8, 4) is 0 Å². The van der Waals surface area contributed by atoms with Gasteiger partial charge < -0.3 is 5.01 Å². The molecule has 0 fully saturated rings. The third-order valence-corrected chi connectivity index (χ3v) is 2.64. The average molecular weight is 176 g/mol. The molecule has 0 aromatic heterocycles. The summed E-state index contributed by atoms with van der Waals surface area (Å²) in [5.74, 6) is 0.610. The van der Waals surface area contributed by atoms with Crippen LogP contribution in [0.2, 0.25) is 0 Å². The second-order valence-electron chi connectivity index (χ2n) is 3.94. The van der Waals surface area contributed by atoms with E-state index in [2.05, 4.69) is 49.5 Å². The number of fused-ring (bicyclic) bond motifs is 1. The van der Waals surface area contributed by atoms with Gasteiger partial charge in [-0.1, -0.05) is 26.0 Å². The first-order valence-electron chi connectivity index (χ1n) is 4.78. The van der Waals surface area contributed by atoms with Gasteiger partial charge in [-0.3, -0.25) is 0 Å². The van der Waals surface area contributed by atoms with Crippen molar-refractivity contribution < 1.29 is 0 Å². The minimum absolute atomic E-state index is 0.610. The lowest BCUT2D eigenvalue weighted by Gasteiger charge is -2.14. The van der Waals surface area contributed by atoms with Crippen molar-refractivity contribution in [1.29, 1.82) is 0 Å². The zero-order valence-corrected chi connectivity index (χ0v) is 8.46. The Hall–Kier alpha value is -1.02. The predicted octanol–water partition coefficient (Wildman–Crippen LogP) is 2.26. The molecule has 0 saturated heterocycles. The van der Waals surface area contributed by atoms with E-state index in [1.165, 1.54) is 16.8 Å². The van der Waals surface area contributed by atoms with E-state index >= 15 is 0 Å². The van der Waals surface area contributed by atoms with Crippen molar-refractivity contribution in [2.75, 3.05) is 12.1 Å². The molecule has 0 atom stereocenters. The molecule has 0 radical (unpaired) electrons. The van der Waals surface area contributed by atoms with E-state index in [0.717, 1.165) is 6.54 Å². The van der Waals surface area contributed by atoms with Crippen molar-refractivity contribution in [1.82, 2.24) is 5.43 Å². The molecule has 0 amide bonds. The van der Waals surface area contributed by atoms with Crippen LogP contribution in [0.25, 0.3) is 0 Å². The van der Waals surface area contributed by atoms with E-state index in [1.54, 1.807) is 0 Å². The second-order valence-corrected chi connectivity index (χ2v) is 3.94. The van der Waals surface area contributed by atoms with Gasteiger partial charge in [0, 0.05) is 13.6 Å². The number of nitrogens with zero attached hydrogens (tertiary/aromatic N) is 1. The van der Waals surface area contributed by atoms with Gasteiger partial charge >= 0.3 is 0 Å². The molecule has 2 nitrogen and oxygen atoms in total. The second kappa shape index (κ2) is 3.04. The van der Waals surface area contributed by atoms with Gasteiger partial charge in [0.05, 0.1) is 5.69 Å². The Morgan fingerprint density at radius 1 is 1.38 bits per heavy atom. The van der Waals surface area contributed by atoms with Crippen molar-refractivity contribution >= 4 is 5.69 Å². The summed E-state index contributed by atoms with van der Waals surface area (Å²) in [5, 5.41) is 2.10. The Bertz CT molecular complexity index is 318. The van der Waals surface area contributed by atoms with Crippen LogP contribution in [-0.4, -0.2) is 7.05 Å². The molecule has 0 spiro atoms. The quantitative estimate of drug-likeness (QED) is 0.706. The summed E-state index contributed by atoms with van der Waals surface area (Å²) in [5.41, 5.74) is 7.42. The minimum atomic E-state index is 0.610. The van der Waals surface area contributed by atoms with Gasteiger partial charge in [0.15, 0.2) is 0 Å². The first-order valence-corrected chi connectivity index (χ1v) is 4.78. The highest BCUT2D eigenvalue weighted by Crippen LogP contribution is 2.27. The zero-order chi connectivity index (χ0) is 9.42. The van der Waals surface area contributed by atoms with E-state index in [9.17, 15) is 0 Å². The average Bonchev–Trinajstić information content (AvgIpc) is 2.47. The molecule has 70 valence electrons. The van der Waals surface area contributed by atoms with E-state index in [1.807, 2.05) is 0 Å². The molecular formula is C11H16N2. The summed E-state index contributed by atoms with van der Waals surface area (Å²) in [7, 11) is 2.07. The summed E-state index contributed by atoms with van der Waals surface area (Å²) in [6.07, 6.45) is 0. The van der Waals surface area contributed by atoms with Gasteiger partial charge in [0.25, 0.3) is 0 Å². The van der Waals surface area contributed by atoms with Crippen molar-refractivity contribution in [3.05, 3.63) is 29.3 Å². The van der Waals surface area contributed by atoms with Crippen LogP contribution in [0.15, 0.2) is 18.2 Å². The highest BCUT2D eigenvalue weighted by atomic mass is 15.5. The lowest BCUT2D eigenvalue weighted by atomic mass is 10.0. The van der Waals surface area contributed by atoms with E-state index in [-0.39, 0.29) is 0 Å². The first kappa shape index (κ1) is 8.57. The Labute approximate surface area is 79.5 Å². The summed E-state index contributed by atoms with van der Waals surface area (Å²) < 4.78 is 0. The van der Waals surface area contributed by atoms with Gasteiger partial charge in [-0.15, -0.1) is 0 Å². The zero-order valence-electron chi connectivity index (χ0n) is 8.46. The lowest BCUT2D eigenvalue weighted by Crippen LogP contribution is -2.26. The topological polar surface area (TPSA) is 15.3 Å². The summed E-state index contributed by atoms with van der Waals surface area (Å²) in [6.45, 7) is 5.42. The van der Waals surface area contributed by atoms with Crippen LogP contribution in [0.4, 0.5) is 5.69 Å². The van der Waals surface area contributed by atoms with Gasteiger partial charge in [-0.2, -0.15) is 0 Å². The largest absolute Gasteiger partial charge is 0.311 e. The van der Waals surface area contributed by atoms with E-state index < -0.39 is 0 Å². The van der Waals surface area contributed by atoms with E-state index in [0.29, 0.717) is 5.92 Å². The molecule has 1 aliphatic heterocycles. The fraction of sp³-hybridized carbons (Fsp3) is 0.455. The molecule has 1 aromatic rings. The van der Waals surface area contributed by atoms with Crippen LogP contribution < -0.4 is 10.4 Å². The van der Waals surface area contributed by atoms with Crippen LogP contribution in [0.5, 0.6) is 0 Å². The smallest absolute Gasteiger partial charge is 0.0564 e. The number of hydrogen-bond donors (Lipinski definition) is 1. The molecule has 1 aromatic carbocycles. The molecule has 0 bridgehead atoms. The molecule has 1 N–H and O–H groups in total. The summed E-state index contributed by atoms with van der Waals surface area (Å²) >= 11 is 0. The minimum Gasteiger partial charge on any atom is -0.311 e. The molecule has 2 heteroatoms. The molecule has 0 aliphatic carbocycles. The highest BCUT2D eigenvalue weighted by Gasteiger charge is 2.15. The third kappa shape index (κ3) is 1.42. The number of benzene rings is 1. The van der Waals surface area contributed by atoms with Gasteiger partial charge in [-0.25, -0.2) is 5.43 Å². The molecule has 1 aliphatic rings. The highest BCUT2D eigenvalue weighted by molar-refractivity contribution is 5.57. The van der Waals surface area contributed by atoms with Crippen LogP contribution in [0.1, 0.15) is 30.9 Å². The maximum atomic E-state index is 3.28. The lowest BCUT2D eigenvalue weighted by molar-refractivity contribution is 0.734. The van der Waals surface area contributed by atoms with Gasteiger partial charge in [0.1, 0.15) is 0 Å². The molecule has 0 saturated carbocycles.